The number of halogens is 3. The van der Waals surface area contributed by atoms with E-state index in [0.29, 0.717) is 12.2 Å². The van der Waals surface area contributed by atoms with E-state index >= 15 is 0 Å². The molecule has 0 unspecified atom stereocenters. The highest BCUT2D eigenvalue weighted by atomic mass is 19.4. The number of rotatable bonds is 6. The molecule has 0 fully saturated rings. The zero-order valence-electron chi connectivity index (χ0n) is 13.9. The Labute approximate surface area is 148 Å². The van der Waals surface area contributed by atoms with Crippen LogP contribution in [0.15, 0.2) is 48.5 Å². The van der Waals surface area contributed by atoms with Crippen LogP contribution in [-0.4, -0.2) is 25.1 Å². The maximum Gasteiger partial charge on any atom is 0.471 e. The van der Waals surface area contributed by atoms with Crippen molar-refractivity contribution < 1.29 is 27.5 Å². The molecule has 0 heterocycles. The van der Waals surface area contributed by atoms with E-state index in [-0.39, 0.29) is 23.7 Å². The van der Waals surface area contributed by atoms with E-state index in [1.165, 1.54) is 24.3 Å². The van der Waals surface area contributed by atoms with Crippen molar-refractivity contribution in [3.63, 3.8) is 0 Å². The van der Waals surface area contributed by atoms with Crippen LogP contribution in [0.4, 0.5) is 24.5 Å². The summed E-state index contributed by atoms with van der Waals surface area (Å²) in [5.74, 6) is -1.70. The Bertz CT molecular complexity index is 791. The lowest BCUT2D eigenvalue weighted by Crippen LogP contribution is -2.29. The van der Waals surface area contributed by atoms with Crippen LogP contribution in [0, 0.1) is 0 Å². The Morgan fingerprint density at radius 2 is 1.65 bits per heavy atom. The Kier molecular flexibility index (Phi) is 6.21. The number of hydrogen-bond acceptors (Lipinski definition) is 3. The minimum absolute atomic E-state index is 0.0603. The average Bonchev–Trinajstić information content (AvgIpc) is 2.59. The molecular weight excluding hydrogens is 349 g/mol. The smallest absolute Gasteiger partial charge is 0.471 e. The fraction of sp³-hybridized carbons (Fsp3) is 0.222. The van der Waals surface area contributed by atoms with Crippen LogP contribution in [0.3, 0.4) is 0 Å². The van der Waals surface area contributed by atoms with Gasteiger partial charge in [0.25, 0.3) is 0 Å². The van der Waals surface area contributed by atoms with Crippen LogP contribution in [0.5, 0.6) is 5.75 Å². The van der Waals surface area contributed by atoms with Crippen LogP contribution in [-0.2, 0) is 16.0 Å². The van der Waals surface area contributed by atoms with E-state index in [1.807, 2.05) is 18.2 Å². The number of benzene rings is 2. The molecule has 0 atom stereocenters. The molecule has 0 bridgehead atoms. The van der Waals surface area contributed by atoms with Crippen molar-refractivity contribution in [2.45, 2.75) is 19.0 Å². The van der Waals surface area contributed by atoms with Gasteiger partial charge in [0.2, 0.25) is 5.91 Å². The zero-order valence-corrected chi connectivity index (χ0v) is 13.9. The molecule has 2 amide bonds. The van der Waals surface area contributed by atoms with Gasteiger partial charge in [0.15, 0.2) is 0 Å². The molecule has 8 heteroatoms. The maximum atomic E-state index is 12.3. The predicted octanol–water partition coefficient (Wildman–Crippen LogP) is 3.77. The number of hydrogen-bond donors (Lipinski definition) is 2. The number of methoxy groups -OCH3 is 1. The number of alkyl halides is 3. The van der Waals surface area contributed by atoms with Crippen LogP contribution in [0.1, 0.15) is 12.0 Å². The van der Waals surface area contributed by atoms with E-state index in [9.17, 15) is 22.8 Å². The quantitative estimate of drug-likeness (QED) is 0.818. The third kappa shape index (κ3) is 5.51. The maximum absolute atomic E-state index is 12.3. The van der Waals surface area contributed by atoms with Gasteiger partial charge in [0, 0.05) is 17.8 Å². The number of carbonyl (C=O) groups is 2. The fourth-order valence-electron chi connectivity index (χ4n) is 2.26. The molecule has 5 nitrogen and oxygen atoms in total. The van der Waals surface area contributed by atoms with Gasteiger partial charge in [-0.3, -0.25) is 9.59 Å². The van der Waals surface area contributed by atoms with Gasteiger partial charge in [-0.1, -0.05) is 24.3 Å². The Hall–Kier alpha value is -3.03. The average molecular weight is 366 g/mol. The normalized spacial score (nSPS) is 10.9. The highest BCUT2D eigenvalue weighted by molar-refractivity contribution is 5.96. The first-order chi connectivity index (χ1) is 12.3. The standard InChI is InChI=1S/C18H17F3N2O3/c1-26-15-8-3-2-5-12(15)9-10-16(24)22-13-6-4-7-14(11-13)23-17(25)18(19,20)21/h2-8,11H,9-10H2,1H3,(H,22,24)(H,23,25). The number of amides is 2. The van der Waals surface area contributed by atoms with E-state index in [2.05, 4.69) is 5.32 Å². The van der Waals surface area contributed by atoms with Gasteiger partial charge >= 0.3 is 12.1 Å². The Balaban J connectivity index is 1.95. The van der Waals surface area contributed by atoms with E-state index < -0.39 is 12.1 Å². The molecule has 0 saturated carbocycles. The molecule has 0 aliphatic rings. The number of para-hydroxylation sites is 1. The molecule has 2 aromatic carbocycles. The second-order valence-corrected chi connectivity index (χ2v) is 5.39. The van der Waals surface area contributed by atoms with Gasteiger partial charge in [-0.25, -0.2) is 0 Å². The second kappa shape index (κ2) is 8.37. The van der Waals surface area contributed by atoms with Crippen molar-refractivity contribution in [3.05, 3.63) is 54.1 Å². The lowest BCUT2D eigenvalue weighted by Gasteiger charge is -2.11. The molecule has 0 radical (unpaired) electrons. The Morgan fingerprint density at radius 1 is 1.00 bits per heavy atom. The minimum Gasteiger partial charge on any atom is -0.496 e. The first-order valence-electron chi connectivity index (χ1n) is 7.69. The number of anilines is 2. The topological polar surface area (TPSA) is 67.4 Å². The summed E-state index contributed by atoms with van der Waals surface area (Å²) in [7, 11) is 1.54. The summed E-state index contributed by atoms with van der Waals surface area (Å²) >= 11 is 0. The molecule has 2 N–H and O–H groups in total. The van der Waals surface area contributed by atoms with Crippen molar-refractivity contribution in [2.75, 3.05) is 17.7 Å². The summed E-state index contributed by atoms with van der Waals surface area (Å²) in [4.78, 5) is 23.0. The van der Waals surface area contributed by atoms with E-state index in [0.717, 1.165) is 5.56 Å². The molecule has 0 aromatic heterocycles. The molecule has 0 spiro atoms. The summed E-state index contributed by atoms with van der Waals surface area (Å²) in [6.07, 6.45) is -4.37. The van der Waals surface area contributed by atoms with Crippen molar-refractivity contribution >= 4 is 23.2 Å². The van der Waals surface area contributed by atoms with Gasteiger partial charge in [-0.05, 0) is 36.2 Å². The predicted molar refractivity (Wildman–Crippen MR) is 91.1 cm³/mol. The van der Waals surface area contributed by atoms with Gasteiger partial charge in [0.05, 0.1) is 7.11 Å². The first kappa shape index (κ1) is 19.3. The molecular formula is C18H17F3N2O3. The second-order valence-electron chi connectivity index (χ2n) is 5.39. The summed E-state index contributed by atoms with van der Waals surface area (Å²) in [5, 5.41) is 4.33. The summed E-state index contributed by atoms with van der Waals surface area (Å²) in [5.41, 5.74) is 1.10. The summed E-state index contributed by atoms with van der Waals surface area (Å²) in [6, 6.07) is 12.8. The highest BCUT2D eigenvalue weighted by Gasteiger charge is 2.38. The van der Waals surface area contributed by atoms with E-state index in [1.54, 1.807) is 18.5 Å². The molecule has 0 aliphatic heterocycles. The van der Waals surface area contributed by atoms with Gasteiger partial charge in [-0.2, -0.15) is 13.2 Å². The SMILES string of the molecule is COc1ccccc1CCC(=O)Nc1cccc(NC(=O)C(F)(F)F)c1. The molecule has 0 aliphatic carbocycles. The van der Waals surface area contributed by atoms with Crippen LogP contribution in [0.25, 0.3) is 0 Å². The number of carbonyl (C=O) groups excluding carboxylic acids is 2. The third-order valence-corrected chi connectivity index (χ3v) is 3.48. The van der Waals surface area contributed by atoms with Crippen molar-refractivity contribution in [1.82, 2.24) is 0 Å². The monoisotopic (exact) mass is 366 g/mol. The molecule has 26 heavy (non-hydrogen) atoms. The number of nitrogens with one attached hydrogen (secondary N) is 2. The molecule has 2 rings (SSSR count). The summed E-state index contributed by atoms with van der Waals surface area (Å²) in [6.45, 7) is 0. The summed E-state index contributed by atoms with van der Waals surface area (Å²) < 4.78 is 42.0. The lowest BCUT2D eigenvalue weighted by atomic mass is 10.1. The molecule has 0 saturated heterocycles. The van der Waals surface area contributed by atoms with Crippen molar-refractivity contribution in [1.29, 1.82) is 0 Å². The van der Waals surface area contributed by atoms with Crippen molar-refractivity contribution in [3.8, 4) is 5.75 Å². The minimum atomic E-state index is -4.98. The zero-order chi connectivity index (χ0) is 19.2. The Morgan fingerprint density at radius 3 is 2.31 bits per heavy atom. The van der Waals surface area contributed by atoms with Gasteiger partial charge in [-0.15, -0.1) is 0 Å². The fourth-order valence-corrected chi connectivity index (χ4v) is 2.26. The van der Waals surface area contributed by atoms with Gasteiger partial charge < -0.3 is 15.4 Å². The van der Waals surface area contributed by atoms with Crippen molar-refractivity contribution in [2.24, 2.45) is 0 Å². The molecule has 138 valence electrons. The van der Waals surface area contributed by atoms with Crippen LogP contribution >= 0.6 is 0 Å². The van der Waals surface area contributed by atoms with Crippen LogP contribution in [0.2, 0.25) is 0 Å². The van der Waals surface area contributed by atoms with Gasteiger partial charge in [0.1, 0.15) is 5.75 Å². The number of ether oxygens (including phenoxy) is 1. The van der Waals surface area contributed by atoms with Crippen LogP contribution < -0.4 is 15.4 Å². The van der Waals surface area contributed by atoms with E-state index in [4.69, 9.17) is 4.74 Å². The largest absolute Gasteiger partial charge is 0.496 e. The third-order valence-electron chi connectivity index (χ3n) is 3.48. The lowest BCUT2D eigenvalue weighted by molar-refractivity contribution is -0.167. The first-order valence-corrected chi connectivity index (χ1v) is 7.69. The molecule has 2 aromatic rings. The highest BCUT2D eigenvalue weighted by Crippen LogP contribution is 2.21. The number of aryl methyl sites for hydroxylation is 1.